The molecule has 1 fully saturated rings. The van der Waals surface area contributed by atoms with E-state index in [9.17, 15) is 9.18 Å². The molecule has 1 aliphatic heterocycles. The van der Waals surface area contributed by atoms with E-state index in [2.05, 4.69) is 10.6 Å². The van der Waals surface area contributed by atoms with Crippen molar-refractivity contribution >= 4 is 11.6 Å². The van der Waals surface area contributed by atoms with E-state index in [1.807, 2.05) is 6.92 Å². The predicted octanol–water partition coefficient (Wildman–Crippen LogP) is 1.78. The molecule has 0 aromatic heterocycles. The Bertz CT molecular complexity index is 456. The van der Waals surface area contributed by atoms with E-state index in [-0.39, 0.29) is 17.1 Å². The zero-order valence-corrected chi connectivity index (χ0v) is 10.5. The van der Waals surface area contributed by atoms with Gasteiger partial charge in [0.2, 0.25) is 0 Å². The molecule has 1 aromatic rings. The maximum atomic E-state index is 13.6. The minimum absolute atomic E-state index is 0.220. The molecule has 0 spiro atoms. The van der Waals surface area contributed by atoms with Crippen molar-refractivity contribution in [3.8, 4) is 0 Å². The van der Waals surface area contributed by atoms with Gasteiger partial charge in [0.05, 0.1) is 23.4 Å². The van der Waals surface area contributed by atoms with Crippen molar-refractivity contribution < 1.29 is 13.9 Å². The van der Waals surface area contributed by atoms with Gasteiger partial charge >= 0.3 is 0 Å². The number of ether oxygens (including phenoxy) is 1. The van der Waals surface area contributed by atoms with Crippen LogP contribution in [0.1, 0.15) is 23.7 Å². The highest BCUT2D eigenvalue weighted by molar-refractivity contribution is 6.00. The number of carbonyl (C=O) groups is 1. The lowest BCUT2D eigenvalue weighted by molar-refractivity contribution is 0.0890. The summed E-state index contributed by atoms with van der Waals surface area (Å²) < 4.78 is 18.8. The second kappa shape index (κ2) is 4.94. The van der Waals surface area contributed by atoms with Crippen LogP contribution in [0.3, 0.4) is 0 Å². The average molecular weight is 252 g/mol. The smallest absolute Gasteiger partial charge is 0.253 e. The lowest BCUT2D eigenvalue weighted by Crippen LogP contribution is -2.46. The summed E-state index contributed by atoms with van der Waals surface area (Å²) in [5, 5.41) is 5.62. The summed E-state index contributed by atoms with van der Waals surface area (Å²) in [4.78, 5) is 12.2. The molecule has 0 radical (unpaired) electrons. The van der Waals surface area contributed by atoms with Gasteiger partial charge in [-0.15, -0.1) is 0 Å². The maximum Gasteiger partial charge on any atom is 0.253 e. The van der Waals surface area contributed by atoms with Crippen molar-refractivity contribution in [2.75, 3.05) is 25.6 Å². The molecule has 1 aromatic carbocycles. The van der Waals surface area contributed by atoms with E-state index in [1.54, 1.807) is 13.1 Å². The Kier molecular flexibility index (Phi) is 3.52. The molecule has 1 aliphatic rings. The molecule has 1 heterocycles. The number of halogens is 1. The third-order valence-corrected chi connectivity index (χ3v) is 3.14. The third-order valence-electron chi connectivity index (χ3n) is 3.14. The van der Waals surface area contributed by atoms with Gasteiger partial charge in [-0.25, -0.2) is 4.39 Å². The van der Waals surface area contributed by atoms with Gasteiger partial charge in [0.1, 0.15) is 5.82 Å². The van der Waals surface area contributed by atoms with E-state index in [0.29, 0.717) is 18.8 Å². The molecular weight excluding hydrogens is 235 g/mol. The Balaban J connectivity index is 2.21. The standard InChI is InChI=1S/C13H17FN2O2/c1-13(6-7-18-8-13)16-12(17)9-4-3-5-10(14)11(9)15-2/h3-5,15H,6-8H2,1-2H3,(H,16,17). The van der Waals surface area contributed by atoms with Crippen LogP contribution >= 0.6 is 0 Å². The summed E-state index contributed by atoms with van der Waals surface area (Å²) in [6.07, 6.45) is 0.767. The number of carbonyl (C=O) groups excluding carboxylic acids is 1. The van der Waals surface area contributed by atoms with Crippen LogP contribution < -0.4 is 10.6 Å². The highest BCUT2D eigenvalue weighted by Crippen LogP contribution is 2.22. The maximum absolute atomic E-state index is 13.6. The zero-order valence-electron chi connectivity index (χ0n) is 10.5. The van der Waals surface area contributed by atoms with Crippen LogP contribution in [0, 0.1) is 5.82 Å². The summed E-state index contributed by atoms with van der Waals surface area (Å²) in [6, 6.07) is 4.45. The highest BCUT2D eigenvalue weighted by Gasteiger charge is 2.32. The van der Waals surface area contributed by atoms with Gasteiger partial charge in [-0.1, -0.05) is 6.07 Å². The lowest BCUT2D eigenvalue weighted by atomic mass is 10.0. The molecule has 4 nitrogen and oxygen atoms in total. The summed E-state index contributed by atoms with van der Waals surface area (Å²) in [5.74, 6) is -0.718. The Morgan fingerprint density at radius 1 is 1.50 bits per heavy atom. The second-order valence-electron chi connectivity index (χ2n) is 4.73. The number of para-hydroxylation sites is 1. The fraction of sp³-hybridized carbons (Fsp3) is 0.462. The predicted molar refractivity (Wildman–Crippen MR) is 67.3 cm³/mol. The molecule has 5 heteroatoms. The van der Waals surface area contributed by atoms with Gasteiger partial charge < -0.3 is 15.4 Å². The van der Waals surface area contributed by atoms with Crippen LogP contribution in [0.15, 0.2) is 18.2 Å². The van der Waals surface area contributed by atoms with Crippen molar-refractivity contribution in [3.63, 3.8) is 0 Å². The molecule has 2 N–H and O–H groups in total. The summed E-state index contributed by atoms with van der Waals surface area (Å²) in [6.45, 7) is 3.05. The van der Waals surface area contributed by atoms with Crippen molar-refractivity contribution in [1.29, 1.82) is 0 Å². The van der Waals surface area contributed by atoms with E-state index in [4.69, 9.17) is 4.74 Å². The van der Waals surface area contributed by atoms with Gasteiger partial charge in [0, 0.05) is 13.7 Å². The van der Waals surface area contributed by atoms with Crippen molar-refractivity contribution in [2.45, 2.75) is 18.9 Å². The first-order valence-corrected chi connectivity index (χ1v) is 5.92. The topological polar surface area (TPSA) is 50.4 Å². The van der Waals surface area contributed by atoms with Gasteiger partial charge in [-0.3, -0.25) is 4.79 Å². The number of amides is 1. The van der Waals surface area contributed by atoms with Crippen molar-refractivity contribution in [2.24, 2.45) is 0 Å². The molecule has 18 heavy (non-hydrogen) atoms. The molecule has 2 rings (SSSR count). The Labute approximate surface area is 106 Å². The molecule has 98 valence electrons. The van der Waals surface area contributed by atoms with Crippen LogP contribution in [0.2, 0.25) is 0 Å². The Morgan fingerprint density at radius 3 is 2.89 bits per heavy atom. The van der Waals surface area contributed by atoms with E-state index in [0.717, 1.165) is 6.42 Å². The van der Waals surface area contributed by atoms with E-state index < -0.39 is 5.82 Å². The largest absolute Gasteiger partial charge is 0.385 e. The molecule has 1 saturated heterocycles. The fourth-order valence-corrected chi connectivity index (χ4v) is 2.07. The van der Waals surface area contributed by atoms with Crippen LogP contribution in [-0.2, 0) is 4.74 Å². The van der Waals surface area contributed by atoms with Gasteiger partial charge in [0.25, 0.3) is 5.91 Å². The van der Waals surface area contributed by atoms with Gasteiger partial charge in [-0.2, -0.15) is 0 Å². The summed E-state index contributed by atoms with van der Waals surface area (Å²) >= 11 is 0. The quantitative estimate of drug-likeness (QED) is 0.862. The first-order valence-electron chi connectivity index (χ1n) is 5.92. The minimum Gasteiger partial charge on any atom is -0.385 e. The first kappa shape index (κ1) is 12.8. The van der Waals surface area contributed by atoms with Crippen LogP contribution in [0.25, 0.3) is 0 Å². The molecular formula is C13H17FN2O2. The molecule has 1 unspecified atom stereocenters. The number of nitrogens with one attached hydrogen (secondary N) is 2. The Morgan fingerprint density at radius 2 is 2.28 bits per heavy atom. The fourth-order valence-electron chi connectivity index (χ4n) is 2.07. The van der Waals surface area contributed by atoms with E-state index >= 15 is 0 Å². The summed E-state index contributed by atoms with van der Waals surface area (Å²) in [5.41, 5.74) is 0.164. The van der Waals surface area contributed by atoms with E-state index in [1.165, 1.54) is 12.1 Å². The SMILES string of the molecule is CNc1c(F)cccc1C(=O)NC1(C)CCOC1. The van der Waals surface area contributed by atoms with Gasteiger partial charge in [-0.05, 0) is 25.5 Å². The average Bonchev–Trinajstić information content (AvgIpc) is 2.75. The van der Waals surface area contributed by atoms with Crippen LogP contribution in [-0.4, -0.2) is 31.7 Å². The van der Waals surface area contributed by atoms with Crippen LogP contribution in [0.4, 0.5) is 10.1 Å². The lowest BCUT2D eigenvalue weighted by Gasteiger charge is -2.24. The zero-order chi connectivity index (χ0) is 13.2. The number of anilines is 1. The third kappa shape index (κ3) is 2.46. The molecule has 0 bridgehead atoms. The number of benzene rings is 1. The monoisotopic (exact) mass is 252 g/mol. The number of hydrogen-bond donors (Lipinski definition) is 2. The number of rotatable bonds is 3. The summed E-state index contributed by atoms with van der Waals surface area (Å²) in [7, 11) is 1.59. The molecule has 1 amide bonds. The highest BCUT2D eigenvalue weighted by atomic mass is 19.1. The first-order chi connectivity index (χ1) is 8.56. The van der Waals surface area contributed by atoms with Gasteiger partial charge in [0.15, 0.2) is 0 Å². The van der Waals surface area contributed by atoms with Crippen molar-refractivity contribution in [3.05, 3.63) is 29.6 Å². The number of hydrogen-bond acceptors (Lipinski definition) is 3. The molecule has 0 aliphatic carbocycles. The Hall–Kier alpha value is -1.62. The van der Waals surface area contributed by atoms with Crippen molar-refractivity contribution in [1.82, 2.24) is 5.32 Å². The van der Waals surface area contributed by atoms with Crippen LogP contribution in [0.5, 0.6) is 0 Å². The minimum atomic E-state index is -0.432. The second-order valence-corrected chi connectivity index (χ2v) is 4.73. The molecule has 1 atom stereocenters. The normalized spacial score (nSPS) is 22.8. The molecule has 0 saturated carbocycles.